The molecule has 1 spiro atoms. The Morgan fingerprint density at radius 1 is 1.13 bits per heavy atom. The molecule has 31 heavy (non-hydrogen) atoms. The van der Waals surface area contributed by atoms with Gasteiger partial charge in [0.1, 0.15) is 5.54 Å². The SMILES string of the molecule is C[C@@H]1CC(C)(C)C[C@]2(C1)NC(=O)N(CN(C)Cc1ccc(N3CCOCC3)cc1)C2=O. The van der Waals surface area contributed by atoms with Crippen LogP contribution < -0.4 is 10.2 Å². The fourth-order valence-electron chi connectivity index (χ4n) is 5.87. The van der Waals surface area contributed by atoms with E-state index in [9.17, 15) is 9.59 Å². The summed E-state index contributed by atoms with van der Waals surface area (Å²) in [6.45, 7) is 10.9. The standard InChI is InChI=1S/C24H36N4O3/c1-18-13-23(2,3)16-24(14-18)21(29)28(22(30)25-24)17-26(4)15-19-5-7-20(8-6-19)27-9-11-31-12-10-27/h5-8,18H,9-17H2,1-4H3,(H,25,30)/t18-,24+/m1/s1. The van der Waals surface area contributed by atoms with Crippen molar-refractivity contribution in [1.29, 1.82) is 0 Å². The summed E-state index contributed by atoms with van der Waals surface area (Å²) in [7, 11) is 1.95. The first-order valence-corrected chi connectivity index (χ1v) is 11.4. The van der Waals surface area contributed by atoms with Gasteiger partial charge in [-0.1, -0.05) is 32.9 Å². The molecule has 2 heterocycles. The monoisotopic (exact) mass is 428 g/mol. The summed E-state index contributed by atoms with van der Waals surface area (Å²) < 4.78 is 5.42. The number of urea groups is 1. The zero-order valence-corrected chi connectivity index (χ0v) is 19.3. The molecule has 1 aromatic rings. The van der Waals surface area contributed by atoms with Crippen LogP contribution in [0.25, 0.3) is 0 Å². The zero-order chi connectivity index (χ0) is 22.2. The second-order valence-electron chi connectivity index (χ2n) is 10.5. The molecule has 0 unspecified atom stereocenters. The van der Waals surface area contributed by atoms with Gasteiger partial charge in [-0.05, 0) is 55.3 Å². The molecule has 4 rings (SSSR count). The number of hydrogen-bond acceptors (Lipinski definition) is 5. The summed E-state index contributed by atoms with van der Waals surface area (Å²) >= 11 is 0. The minimum atomic E-state index is -0.737. The Labute approximate surface area is 185 Å². The highest BCUT2D eigenvalue weighted by atomic mass is 16.5. The third-order valence-electron chi connectivity index (χ3n) is 6.77. The number of hydrogen-bond donors (Lipinski definition) is 1. The van der Waals surface area contributed by atoms with Gasteiger partial charge < -0.3 is 15.0 Å². The summed E-state index contributed by atoms with van der Waals surface area (Å²) in [6, 6.07) is 8.27. The molecule has 3 aliphatic rings. The maximum absolute atomic E-state index is 13.3. The van der Waals surface area contributed by atoms with Gasteiger partial charge in [-0.25, -0.2) is 9.69 Å². The van der Waals surface area contributed by atoms with Gasteiger partial charge >= 0.3 is 6.03 Å². The summed E-state index contributed by atoms with van der Waals surface area (Å²) in [4.78, 5) is 31.8. The predicted octanol–water partition coefficient (Wildman–Crippen LogP) is 3.05. The molecule has 7 nitrogen and oxygen atoms in total. The molecule has 0 aromatic heterocycles. The second-order valence-corrected chi connectivity index (χ2v) is 10.5. The van der Waals surface area contributed by atoms with E-state index in [1.165, 1.54) is 10.6 Å². The predicted molar refractivity (Wildman–Crippen MR) is 121 cm³/mol. The molecule has 2 saturated heterocycles. The Bertz CT molecular complexity index is 819. The van der Waals surface area contributed by atoms with Gasteiger partial charge in [-0.15, -0.1) is 0 Å². The fraction of sp³-hybridized carbons (Fsp3) is 0.667. The number of nitrogens with zero attached hydrogens (tertiary/aromatic N) is 3. The van der Waals surface area contributed by atoms with Crippen LogP contribution >= 0.6 is 0 Å². The number of morpholine rings is 1. The highest BCUT2D eigenvalue weighted by molar-refractivity contribution is 6.07. The Kier molecular flexibility index (Phi) is 6.01. The molecule has 3 amide bonds. The molecule has 3 fully saturated rings. The number of ether oxygens (including phenoxy) is 1. The zero-order valence-electron chi connectivity index (χ0n) is 19.3. The number of nitrogens with one attached hydrogen (secondary N) is 1. The highest BCUT2D eigenvalue weighted by Gasteiger charge is 2.56. The van der Waals surface area contributed by atoms with E-state index in [4.69, 9.17) is 4.74 Å². The van der Waals surface area contributed by atoms with Gasteiger partial charge in [0, 0.05) is 25.3 Å². The van der Waals surface area contributed by atoms with Gasteiger partial charge in [-0.3, -0.25) is 9.69 Å². The van der Waals surface area contributed by atoms with Gasteiger partial charge in [0.05, 0.1) is 19.9 Å². The van der Waals surface area contributed by atoms with Crippen LogP contribution in [-0.4, -0.2) is 67.3 Å². The average Bonchev–Trinajstić information content (AvgIpc) is 2.91. The minimum Gasteiger partial charge on any atom is -0.378 e. The van der Waals surface area contributed by atoms with Crippen LogP contribution in [0.15, 0.2) is 24.3 Å². The number of carbonyl (C=O) groups is 2. The molecule has 1 saturated carbocycles. The number of amides is 3. The summed E-state index contributed by atoms with van der Waals surface area (Å²) in [6.07, 6.45) is 2.51. The molecule has 1 aromatic carbocycles. The number of rotatable bonds is 5. The van der Waals surface area contributed by atoms with E-state index in [2.05, 4.69) is 55.3 Å². The summed E-state index contributed by atoms with van der Waals surface area (Å²) in [5, 5.41) is 3.06. The largest absolute Gasteiger partial charge is 0.378 e. The topological polar surface area (TPSA) is 65.1 Å². The Morgan fingerprint density at radius 3 is 2.45 bits per heavy atom. The first-order valence-electron chi connectivity index (χ1n) is 11.4. The van der Waals surface area contributed by atoms with Crippen molar-refractivity contribution in [1.82, 2.24) is 15.1 Å². The third-order valence-corrected chi connectivity index (χ3v) is 6.77. The van der Waals surface area contributed by atoms with Gasteiger partial charge in [0.15, 0.2) is 0 Å². The molecule has 170 valence electrons. The quantitative estimate of drug-likeness (QED) is 0.731. The molecule has 2 atom stereocenters. The van der Waals surface area contributed by atoms with Crippen molar-refractivity contribution in [2.75, 3.05) is 44.9 Å². The lowest BCUT2D eigenvalue weighted by atomic mass is 9.64. The van der Waals surface area contributed by atoms with Crippen LogP contribution in [0.4, 0.5) is 10.5 Å². The van der Waals surface area contributed by atoms with Crippen LogP contribution in [0.2, 0.25) is 0 Å². The molecule has 0 bridgehead atoms. The van der Waals surface area contributed by atoms with E-state index in [0.29, 0.717) is 25.6 Å². The smallest absolute Gasteiger partial charge is 0.326 e. The Hall–Kier alpha value is -2.12. The van der Waals surface area contributed by atoms with E-state index in [0.717, 1.165) is 44.7 Å². The van der Waals surface area contributed by atoms with Crippen molar-refractivity contribution in [3.63, 3.8) is 0 Å². The van der Waals surface area contributed by atoms with Crippen molar-refractivity contribution >= 4 is 17.6 Å². The molecular formula is C24H36N4O3. The van der Waals surface area contributed by atoms with Crippen LogP contribution in [-0.2, 0) is 16.1 Å². The van der Waals surface area contributed by atoms with Crippen molar-refractivity contribution in [3.8, 4) is 0 Å². The van der Waals surface area contributed by atoms with Crippen LogP contribution in [0.1, 0.15) is 45.6 Å². The molecule has 7 heteroatoms. The maximum Gasteiger partial charge on any atom is 0.326 e. The molecular weight excluding hydrogens is 392 g/mol. The Morgan fingerprint density at radius 2 is 1.81 bits per heavy atom. The normalized spacial score (nSPS) is 28.5. The summed E-state index contributed by atoms with van der Waals surface area (Å²) in [5.74, 6) is 0.349. The summed E-state index contributed by atoms with van der Waals surface area (Å²) in [5.41, 5.74) is 1.68. The maximum atomic E-state index is 13.3. The van der Waals surface area contributed by atoms with E-state index in [1.54, 1.807) is 0 Å². The highest BCUT2D eigenvalue weighted by Crippen LogP contribution is 2.46. The fourth-order valence-corrected chi connectivity index (χ4v) is 5.87. The number of carbonyl (C=O) groups excluding carboxylic acids is 2. The van der Waals surface area contributed by atoms with Crippen molar-refractivity contribution in [3.05, 3.63) is 29.8 Å². The van der Waals surface area contributed by atoms with Crippen LogP contribution in [0, 0.1) is 11.3 Å². The Balaban J connectivity index is 1.37. The lowest BCUT2D eigenvalue weighted by Crippen LogP contribution is -2.54. The number of benzene rings is 1. The van der Waals surface area contributed by atoms with Crippen LogP contribution in [0.5, 0.6) is 0 Å². The van der Waals surface area contributed by atoms with Gasteiger partial charge in [-0.2, -0.15) is 0 Å². The van der Waals surface area contributed by atoms with Crippen molar-refractivity contribution in [2.24, 2.45) is 11.3 Å². The van der Waals surface area contributed by atoms with E-state index in [-0.39, 0.29) is 17.4 Å². The van der Waals surface area contributed by atoms with E-state index in [1.807, 2.05) is 11.9 Å². The minimum absolute atomic E-state index is 0.0464. The lowest BCUT2D eigenvalue weighted by Gasteiger charge is -2.43. The van der Waals surface area contributed by atoms with Crippen molar-refractivity contribution < 1.29 is 14.3 Å². The first-order chi connectivity index (χ1) is 14.7. The second kappa shape index (κ2) is 8.43. The lowest BCUT2D eigenvalue weighted by molar-refractivity contribution is -0.136. The molecule has 1 N–H and O–H groups in total. The van der Waals surface area contributed by atoms with E-state index < -0.39 is 5.54 Å². The van der Waals surface area contributed by atoms with Gasteiger partial charge in [0.2, 0.25) is 0 Å². The molecule has 2 aliphatic heterocycles. The first kappa shape index (κ1) is 22.1. The average molecular weight is 429 g/mol. The molecule has 1 aliphatic carbocycles. The van der Waals surface area contributed by atoms with Crippen molar-refractivity contribution in [2.45, 2.75) is 52.1 Å². The van der Waals surface area contributed by atoms with E-state index >= 15 is 0 Å². The number of anilines is 1. The van der Waals surface area contributed by atoms with Gasteiger partial charge in [0.25, 0.3) is 5.91 Å². The third kappa shape index (κ3) is 4.72. The van der Waals surface area contributed by atoms with Crippen LogP contribution in [0.3, 0.4) is 0 Å². The number of imide groups is 1. The molecule has 0 radical (unpaired) electrons.